The zero-order chi connectivity index (χ0) is 18.5. The Morgan fingerprint density at radius 1 is 1.37 bits per heavy atom. The van der Waals surface area contributed by atoms with Crippen LogP contribution >= 0.6 is 0 Å². The lowest BCUT2D eigenvalue weighted by Crippen LogP contribution is -2.39. The van der Waals surface area contributed by atoms with Crippen LogP contribution in [0.15, 0.2) is 16.9 Å². The number of nitrogen functional groups attached to an aromatic ring is 1. The molecule has 1 amide bonds. The van der Waals surface area contributed by atoms with E-state index in [2.05, 4.69) is 20.4 Å². The molecule has 3 heterocycles. The molecule has 0 bridgehead atoms. The first-order chi connectivity index (χ1) is 13.2. The first kappa shape index (κ1) is 16.2. The molecule has 5 rings (SSSR count). The number of rotatable bonds is 5. The third kappa shape index (κ3) is 2.65. The highest BCUT2D eigenvalue weighted by atomic mass is 16.5. The van der Waals surface area contributed by atoms with Gasteiger partial charge < -0.3 is 15.6 Å². The first-order valence-electron chi connectivity index (χ1n) is 9.39. The predicted molar refractivity (Wildman–Crippen MR) is 97.7 cm³/mol. The lowest BCUT2D eigenvalue weighted by molar-refractivity contribution is -0.128. The molecule has 9 heteroatoms. The molecule has 2 saturated carbocycles. The predicted octanol–water partition coefficient (Wildman–Crippen LogP) is 2.03. The van der Waals surface area contributed by atoms with Crippen molar-refractivity contribution in [1.82, 2.24) is 30.2 Å². The molecule has 0 aliphatic heterocycles. The molecule has 0 atom stereocenters. The first-order valence-corrected chi connectivity index (χ1v) is 9.39. The number of carbonyl (C=O) groups excluding carboxylic acids is 1. The third-order valence-corrected chi connectivity index (χ3v) is 5.45. The van der Waals surface area contributed by atoms with Crippen molar-refractivity contribution < 1.29 is 9.32 Å². The van der Waals surface area contributed by atoms with Crippen molar-refractivity contribution >= 4 is 22.8 Å². The minimum Gasteiger partial charge on any atom is -0.383 e. The maximum Gasteiger partial charge on any atom is 0.223 e. The number of carbonyl (C=O) groups is 1. The van der Waals surface area contributed by atoms with Gasteiger partial charge in [0.25, 0.3) is 0 Å². The van der Waals surface area contributed by atoms with Crippen molar-refractivity contribution in [3.8, 4) is 11.4 Å². The maximum atomic E-state index is 12.0. The van der Waals surface area contributed by atoms with Gasteiger partial charge in [-0.25, -0.2) is 14.6 Å². The SMILES string of the molecule is CCNC(=O)C1CC(n2nc(-c3cc(C4CC4)on3)c3c(N)ncnc32)C1. The summed E-state index contributed by atoms with van der Waals surface area (Å²) in [4.78, 5) is 20.5. The third-order valence-electron chi connectivity index (χ3n) is 5.45. The fraction of sp³-hybridized carbons (Fsp3) is 0.500. The fourth-order valence-electron chi connectivity index (χ4n) is 3.71. The van der Waals surface area contributed by atoms with Crippen LogP contribution in [0.3, 0.4) is 0 Å². The molecule has 9 nitrogen and oxygen atoms in total. The van der Waals surface area contributed by atoms with Crippen LogP contribution in [-0.4, -0.2) is 37.4 Å². The van der Waals surface area contributed by atoms with Gasteiger partial charge in [0, 0.05) is 24.4 Å². The van der Waals surface area contributed by atoms with Crippen molar-refractivity contribution in [1.29, 1.82) is 0 Å². The molecule has 3 aromatic rings. The largest absolute Gasteiger partial charge is 0.383 e. The zero-order valence-corrected chi connectivity index (χ0v) is 15.1. The lowest BCUT2D eigenvalue weighted by Gasteiger charge is -2.34. The Morgan fingerprint density at radius 3 is 2.93 bits per heavy atom. The number of anilines is 1. The van der Waals surface area contributed by atoms with Gasteiger partial charge in [-0.1, -0.05) is 5.16 Å². The molecular formula is C18H21N7O2. The minimum absolute atomic E-state index is 0.0188. The van der Waals surface area contributed by atoms with Crippen LogP contribution in [0.4, 0.5) is 5.82 Å². The minimum atomic E-state index is 0.0188. The van der Waals surface area contributed by atoms with E-state index in [0.29, 0.717) is 40.7 Å². The van der Waals surface area contributed by atoms with E-state index in [1.165, 1.54) is 6.33 Å². The van der Waals surface area contributed by atoms with Crippen LogP contribution < -0.4 is 11.1 Å². The van der Waals surface area contributed by atoms with Gasteiger partial charge in [0.15, 0.2) is 5.65 Å². The summed E-state index contributed by atoms with van der Waals surface area (Å²) in [5.74, 6) is 1.85. The Bertz CT molecular complexity index is 1010. The van der Waals surface area contributed by atoms with Gasteiger partial charge in [-0.05, 0) is 32.6 Å². The molecule has 0 saturated heterocycles. The van der Waals surface area contributed by atoms with Gasteiger partial charge in [-0.2, -0.15) is 5.10 Å². The number of aromatic nitrogens is 5. The van der Waals surface area contributed by atoms with Crippen LogP contribution in [0.25, 0.3) is 22.4 Å². The fourth-order valence-corrected chi connectivity index (χ4v) is 3.71. The van der Waals surface area contributed by atoms with Crippen LogP contribution in [-0.2, 0) is 4.79 Å². The molecule has 0 radical (unpaired) electrons. The van der Waals surface area contributed by atoms with E-state index < -0.39 is 0 Å². The van der Waals surface area contributed by atoms with Gasteiger partial charge in [0.05, 0.1) is 11.4 Å². The molecule has 0 aromatic carbocycles. The van der Waals surface area contributed by atoms with Crippen LogP contribution in [0.2, 0.25) is 0 Å². The second-order valence-corrected chi connectivity index (χ2v) is 7.36. The summed E-state index contributed by atoms with van der Waals surface area (Å²) in [7, 11) is 0. The highest BCUT2D eigenvalue weighted by molar-refractivity contribution is 5.97. The molecule has 3 N–H and O–H groups in total. The number of hydrogen-bond donors (Lipinski definition) is 2. The summed E-state index contributed by atoms with van der Waals surface area (Å²) in [5.41, 5.74) is 8.10. The summed E-state index contributed by atoms with van der Waals surface area (Å²) < 4.78 is 7.35. The van der Waals surface area contributed by atoms with E-state index in [1.54, 1.807) is 0 Å². The van der Waals surface area contributed by atoms with E-state index in [0.717, 1.165) is 31.4 Å². The number of hydrogen-bond acceptors (Lipinski definition) is 7. The number of fused-ring (bicyclic) bond motifs is 1. The van der Waals surface area contributed by atoms with Gasteiger partial charge >= 0.3 is 0 Å². The summed E-state index contributed by atoms with van der Waals surface area (Å²) in [6.45, 7) is 2.57. The van der Waals surface area contributed by atoms with E-state index in [-0.39, 0.29) is 17.9 Å². The van der Waals surface area contributed by atoms with Gasteiger partial charge in [-0.3, -0.25) is 4.79 Å². The molecule has 140 valence electrons. The molecule has 0 spiro atoms. The Hall–Kier alpha value is -2.97. The average molecular weight is 367 g/mol. The molecule has 2 aliphatic rings. The van der Waals surface area contributed by atoms with Crippen LogP contribution in [0.1, 0.15) is 50.3 Å². The smallest absolute Gasteiger partial charge is 0.223 e. The van der Waals surface area contributed by atoms with Gasteiger partial charge in [0.1, 0.15) is 29.3 Å². The number of nitrogens with one attached hydrogen (secondary N) is 1. The van der Waals surface area contributed by atoms with E-state index in [1.807, 2.05) is 17.7 Å². The lowest BCUT2D eigenvalue weighted by atomic mass is 9.79. The van der Waals surface area contributed by atoms with Gasteiger partial charge in [0.2, 0.25) is 5.91 Å². The highest BCUT2D eigenvalue weighted by Gasteiger charge is 2.38. The molecule has 27 heavy (non-hydrogen) atoms. The molecule has 2 fully saturated rings. The van der Waals surface area contributed by atoms with Crippen LogP contribution in [0.5, 0.6) is 0 Å². The summed E-state index contributed by atoms with van der Waals surface area (Å²) in [6, 6.07) is 2.05. The molecular weight excluding hydrogens is 346 g/mol. The topological polar surface area (TPSA) is 125 Å². The number of nitrogens with zero attached hydrogens (tertiary/aromatic N) is 5. The zero-order valence-electron chi connectivity index (χ0n) is 15.1. The summed E-state index contributed by atoms with van der Waals surface area (Å²) in [6.07, 6.45) is 5.19. The second-order valence-electron chi connectivity index (χ2n) is 7.36. The number of amides is 1. The average Bonchev–Trinajstić information content (AvgIpc) is 3.22. The molecule has 3 aromatic heterocycles. The van der Waals surface area contributed by atoms with E-state index in [9.17, 15) is 4.79 Å². The molecule has 2 aliphatic carbocycles. The van der Waals surface area contributed by atoms with Gasteiger partial charge in [-0.15, -0.1) is 0 Å². The molecule has 0 unspecified atom stereocenters. The highest BCUT2D eigenvalue weighted by Crippen LogP contribution is 2.43. The van der Waals surface area contributed by atoms with Crippen molar-refractivity contribution in [2.75, 3.05) is 12.3 Å². The standard InChI is InChI=1S/C18H21N7O2/c1-2-20-18(26)10-5-11(6-10)25-17-14(16(19)21-8-22-17)15(23-25)12-7-13(27-24-12)9-3-4-9/h7-11H,2-6H2,1H3,(H,20,26)(H2,19,21,22). The quantitative estimate of drug-likeness (QED) is 0.707. The van der Waals surface area contributed by atoms with Crippen molar-refractivity contribution in [2.24, 2.45) is 5.92 Å². The Labute approximate surface area is 155 Å². The number of nitrogens with two attached hydrogens (primary N) is 1. The van der Waals surface area contributed by atoms with E-state index >= 15 is 0 Å². The Kier molecular flexibility index (Phi) is 3.63. The normalized spacial score (nSPS) is 22.0. The second kappa shape index (κ2) is 6.04. The van der Waals surface area contributed by atoms with Crippen molar-refractivity contribution in [3.63, 3.8) is 0 Å². The van der Waals surface area contributed by atoms with E-state index in [4.69, 9.17) is 15.4 Å². The Morgan fingerprint density at radius 2 is 2.19 bits per heavy atom. The van der Waals surface area contributed by atoms with Crippen molar-refractivity contribution in [2.45, 2.75) is 44.6 Å². The summed E-state index contributed by atoms with van der Waals surface area (Å²) in [5, 5.41) is 12.5. The summed E-state index contributed by atoms with van der Waals surface area (Å²) >= 11 is 0. The monoisotopic (exact) mass is 367 g/mol. The van der Waals surface area contributed by atoms with Crippen molar-refractivity contribution in [3.05, 3.63) is 18.2 Å². The Balaban J connectivity index is 1.50. The van der Waals surface area contributed by atoms with Crippen LogP contribution in [0, 0.1) is 5.92 Å². The maximum absolute atomic E-state index is 12.0.